The third-order valence-electron chi connectivity index (χ3n) is 3.15. The van der Waals surface area contributed by atoms with Crippen molar-refractivity contribution in [1.82, 2.24) is 0 Å². The van der Waals surface area contributed by atoms with Crippen LogP contribution in [0.15, 0.2) is 43.0 Å². The maximum Gasteiger partial charge on any atom is 0.310 e. The van der Waals surface area contributed by atoms with Gasteiger partial charge in [-0.2, -0.15) is 0 Å². The molecule has 0 amide bonds. The van der Waals surface area contributed by atoms with Crippen LogP contribution in [0.1, 0.15) is 50.0 Å². The van der Waals surface area contributed by atoms with Gasteiger partial charge in [-0.25, -0.2) is 0 Å². The van der Waals surface area contributed by atoms with Crippen LogP contribution in [0, 0.1) is 0 Å². The first-order valence-corrected chi connectivity index (χ1v) is 6.64. The molecular weight excluding hydrogens is 224 g/mol. The van der Waals surface area contributed by atoms with Gasteiger partial charge >= 0.3 is 5.97 Å². The molecule has 0 aliphatic carbocycles. The predicted molar refractivity (Wildman–Crippen MR) is 74.7 cm³/mol. The molecule has 0 heterocycles. The molecule has 2 nitrogen and oxygen atoms in total. The maximum atomic E-state index is 11.3. The highest BCUT2D eigenvalue weighted by Gasteiger charge is 2.18. The van der Waals surface area contributed by atoms with Gasteiger partial charge < -0.3 is 5.11 Å². The number of carboxylic acid groups (broad SMARTS) is 1. The van der Waals surface area contributed by atoms with Gasteiger partial charge in [-0.3, -0.25) is 4.79 Å². The zero-order valence-corrected chi connectivity index (χ0v) is 10.8. The summed E-state index contributed by atoms with van der Waals surface area (Å²) in [7, 11) is 0. The van der Waals surface area contributed by atoms with E-state index in [4.69, 9.17) is 0 Å². The molecule has 0 saturated heterocycles. The van der Waals surface area contributed by atoms with E-state index in [0.29, 0.717) is 0 Å². The summed E-state index contributed by atoms with van der Waals surface area (Å²) in [6.07, 6.45) is 8.12. The van der Waals surface area contributed by atoms with E-state index in [1.165, 1.54) is 0 Å². The summed E-state index contributed by atoms with van der Waals surface area (Å²) in [6.45, 7) is 3.69. The van der Waals surface area contributed by atoms with E-state index in [9.17, 15) is 9.90 Å². The van der Waals surface area contributed by atoms with Gasteiger partial charge in [0, 0.05) is 0 Å². The standard InChI is InChI=1S/C16H22O2/c1-2-3-4-5-6-10-13-15(16(17)18)14-11-8-7-9-12-14/h2,7-9,11-12,15H,1,3-6,10,13H2,(H,17,18). The molecule has 0 radical (unpaired) electrons. The second-order valence-corrected chi connectivity index (χ2v) is 4.58. The lowest BCUT2D eigenvalue weighted by molar-refractivity contribution is -0.139. The fourth-order valence-electron chi connectivity index (χ4n) is 2.11. The Morgan fingerprint density at radius 1 is 1.17 bits per heavy atom. The van der Waals surface area contributed by atoms with Crippen LogP contribution >= 0.6 is 0 Å². The Bertz CT molecular complexity index is 357. The van der Waals surface area contributed by atoms with E-state index in [-0.39, 0.29) is 5.92 Å². The highest BCUT2D eigenvalue weighted by Crippen LogP contribution is 2.23. The molecule has 1 N–H and O–H groups in total. The molecule has 1 aromatic rings. The van der Waals surface area contributed by atoms with Crippen LogP contribution in [-0.2, 0) is 4.79 Å². The van der Waals surface area contributed by atoms with Crippen molar-refractivity contribution in [2.24, 2.45) is 0 Å². The molecule has 2 heteroatoms. The molecule has 0 saturated carbocycles. The van der Waals surface area contributed by atoms with Gasteiger partial charge in [0.15, 0.2) is 0 Å². The van der Waals surface area contributed by atoms with Crippen molar-refractivity contribution >= 4 is 5.97 Å². The monoisotopic (exact) mass is 246 g/mol. The number of aliphatic carboxylic acids is 1. The third kappa shape index (κ3) is 5.17. The number of hydrogen-bond acceptors (Lipinski definition) is 1. The Hall–Kier alpha value is -1.57. The fourth-order valence-corrected chi connectivity index (χ4v) is 2.11. The largest absolute Gasteiger partial charge is 0.481 e. The first kappa shape index (κ1) is 14.5. The minimum absolute atomic E-state index is 0.356. The molecule has 1 rings (SSSR count). The molecule has 0 spiro atoms. The van der Waals surface area contributed by atoms with Crippen LogP contribution in [0.4, 0.5) is 0 Å². The van der Waals surface area contributed by atoms with Crippen LogP contribution in [0.5, 0.6) is 0 Å². The minimum Gasteiger partial charge on any atom is -0.481 e. The molecule has 1 aromatic carbocycles. The fraction of sp³-hybridized carbons (Fsp3) is 0.438. The SMILES string of the molecule is C=CCCCCCCC(C(=O)O)c1ccccc1. The van der Waals surface area contributed by atoms with Crippen molar-refractivity contribution in [2.75, 3.05) is 0 Å². The molecular formula is C16H22O2. The summed E-state index contributed by atoms with van der Waals surface area (Å²) in [5, 5.41) is 9.25. The van der Waals surface area contributed by atoms with Crippen LogP contribution in [0.2, 0.25) is 0 Å². The number of benzene rings is 1. The van der Waals surface area contributed by atoms with E-state index >= 15 is 0 Å². The van der Waals surface area contributed by atoms with Crippen LogP contribution in [-0.4, -0.2) is 11.1 Å². The first-order chi connectivity index (χ1) is 8.75. The van der Waals surface area contributed by atoms with E-state index in [1.54, 1.807) is 0 Å². The molecule has 1 unspecified atom stereocenters. The average molecular weight is 246 g/mol. The lowest BCUT2D eigenvalue weighted by atomic mass is 9.93. The average Bonchev–Trinajstić information content (AvgIpc) is 2.38. The van der Waals surface area contributed by atoms with Crippen molar-refractivity contribution < 1.29 is 9.90 Å². The number of hydrogen-bond donors (Lipinski definition) is 1. The first-order valence-electron chi connectivity index (χ1n) is 6.64. The summed E-state index contributed by atoms with van der Waals surface area (Å²) in [4.78, 5) is 11.3. The molecule has 0 fully saturated rings. The minimum atomic E-state index is -0.715. The van der Waals surface area contributed by atoms with Crippen molar-refractivity contribution in [3.8, 4) is 0 Å². The second kappa shape index (κ2) is 8.51. The van der Waals surface area contributed by atoms with Gasteiger partial charge in [-0.05, 0) is 24.8 Å². The maximum absolute atomic E-state index is 11.3. The van der Waals surface area contributed by atoms with Crippen LogP contribution in [0.3, 0.4) is 0 Å². The number of rotatable bonds is 9. The summed E-state index contributed by atoms with van der Waals surface area (Å²) in [6, 6.07) is 9.51. The van der Waals surface area contributed by atoms with E-state index < -0.39 is 5.97 Å². The van der Waals surface area contributed by atoms with Crippen LogP contribution < -0.4 is 0 Å². The van der Waals surface area contributed by atoms with Gasteiger partial charge in [0.25, 0.3) is 0 Å². The Kier molecular flexibility index (Phi) is 6.85. The van der Waals surface area contributed by atoms with Crippen molar-refractivity contribution in [3.05, 3.63) is 48.6 Å². The zero-order chi connectivity index (χ0) is 13.2. The zero-order valence-electron chi connectivity index (χ0n) is 10.8. The van der Waals surface area contributed by atoms with Crippen molar-refractivity contribution in [2.45, 2.75) is 44.4 Å². The molecule has 0 aliphatic heterocycles. The number of carbonyl (C=O) groups is 1. The highest BCUT2D eigenvalue weighted by atomic mass is 16.4. The smallest absolute Gasteiger partial charge is 0.310 e. The Morgan fingerprint density at radius 3 is 2.44 bits per heavy atom. The number of unbranched alkanes of at least 4 members (excludes halogenated alkanes) is 4. The number of allylic oxidation sites excluding steroid dienone is 1. The lowest BCUT2D eigenvalue weighted by Gasteiger charge is -2.12. The Morgan fingerprint density at radius 2 is 1.83 bits per heavy atom. The van der Waals surface area contributed by atoms with Gasteiger partial charge in [0.05, 0.1) is 5.92 Å². The lowest BCUT2D eigenvalue weighted by Crippen LogP contribution is -2.11. The summed E-state index contributed by atoms with van der Waals surface area (Å²) in [5.41, 5.74) is 0.913. The Balaban J connectivity index is 2.36. The highest BCUT2D eigenvalue weighted by molar-refractivity contribution is 5.75. The molecule has 18 heavy (non-hydrogen) atoms. The summed E-state index contributed by atoms with van der Waals surface area (Å²) < 4.78 is 0. The van der Waals surface area contributed by atoms with Gasteiger partial charge in [-0.1, -0.05) is 55.7 Å². The number of carboxylic acids is 1. The molecule has 0 aliphatic rings. The third-order valence-corrected chi connectivity index (χ3v) is 3.15. The normalized spacial score (nSPS) is 12.0. The predicted octanol–water partition coefficient (Wildman–Crippen LogP) is 4.38. The second-order valence-electron chi connectivity index (χ2n) is 4.58. The Labute approximate surface area is 109 Å². The molecule has 1 atom stereocenters. The van der Waals surface area contributed by atoms with E-state index in [1.807, 2.05) is 36.4 Å². The summed E-state index contributed by atoms with van der Waals surface area (Å²) in [5.74, 6) is -1.07. The molecule has 98 valence electrons. The van der Waals surface area contributed by atoms with Gasteiger partial charge in [0.2, 0.25) is 0 Å². The van der Waals surface area contributed by atoms with Gasteiger partial charge in [-0.15, -0.1) is 6.58 Å². The van der Waals surface area contributed by atoms with Crippen molar-refractivity contribution in [3.63, 3.8) is 0 Å². The summed E-state index contributed by atoms with van der Waals surface area (Å²) >= 11 is 0. The topological polar surface area (TPSA) is 37.3 Å². The quantitative estimate of drug-likeness (QED) is 0.518. The molecule has 0 bridgehead atoms. The van der Waals surface area contributed by atoms with Crippen molar-refractivity contribution in [1.29, 1.82) is 0 Å². The van der Waals surface area contributed by atoms with E-state index in [0.717, 1.165) is 44.1 Å². The van der Waals surface area contributed by atoms with E-state index in [2.05, 4.69) is 6.58 Å². The molecule has 0 aromatic heterocycles. The van der Waals surface area contributed by atoms with Crippen LogP contribution in [0.25, 0.3) is 0 Å². The van der Waals surface area contributed by atoms with Gasteiger partial charge in [0.1, 0.15) is 0 Å².